The van der Waals surface area contributed by atoms with Crippen LogP contribution in [0.4, 0.5) is 11.6 Å². The standard InChI is InChI=1S/C10H11N7O4/c1-2-21-8-4-6(3-7(9(8)18)17(19)20)5-11-12-10-13-15-16-14-10/h3-5,18H,2H2,1H3,(H2,12,13,14,15,16). The van der Waals surface area contributed by atoms with E-state index in [4.69, 9.17) is 4.74 Å². The molecule has 21 heavy (non-hydrogen) atoms. The van der Waals surface area contributed by atoms with Crippen LogP contribution in [0.3, 0.4) is 0 Å². The van der Waals surface area contributed by atoms with Crippen LogP contribution in [0.2, 0.25) is 0 Å². The van der Waals surface area contributed by atoms with Crippen LogP contribution in [0.15, 0.2) is 17.2 Å². The molecule has 0 amide bonds. The van der Waals surface area contributed by atoms with Gasteiger partial charge >= 0.3 is 5.69 Å². The lowest BCUT2D eigenvalue weighted by Gasteiger charge is -2.07. The summed E-state index contributed by atoms with van der Waals surface area (Å²) in [5, 5.41) is 37.2. The van der Waals surface area contributed by atoms with Crippen molar-refractivity contribution in [3.8, 4) is 11.5 Å². The van der Waals surface area contributed by atoms with E-state index in [0.29, 0.717) is 5.56 Å². The average molecular weight is 293 g/mol. The third-order valence-corrected chi connectivity index (χ3v) is 2.30. The van der Waals surface area contributed by atoms with Gasteiger partial charge in [-0.05, 0) is 18.2 Å². The van der Waals surface area contributed by atoms with E-state index in [2.05, 4.69) is 31.2 Å². The maximum absolute atomic E-state index is 10.9. The number of nitro groups is 1. The number of hydrogen-bond donors (Lipinski definition) is 3. The van der Waals surface area contributed by atoms with Gasteiger partial charge in [-0.3, -0.25) is 10.1 Å². The molecule has 11 heteroatoms. The molecule has 0 fully saturated rings. The number of anilines is 1. The van der Waals surface area contributed by atoms with Crippen molar-refractivity contribution < 1.29 is 14.8 Å². The van der Waals surface area contributed by atoms with Crippen molar-refractivity contribution in [2.24, 2.45) is 5.10 Å². The molecule has 2 rings (SSSR count). The lowest BCUT2D eigenvalue weighted by Crippen LogP contribution is -1.98. The first kappa shape index (κ1) is 14.2. The van der Waals surface area contributed by atoms with Gasteiger partial charge in [0.15, 0.2) is 5.75 Å². The summed E-state index contributed by atoms with van der Waals surface area (Å²) < 4.78 is 5.14. The summed E-state index contributed by atoms with van der Waals surface area (Å²) in [5.41, 5.74) is 2.36. The van der Waals surface area contributed by atoms with Gasteiger partial charge in [0.2, 0.25) is 5.75 Å². The second kappa shape index (κ2) is 6.27. The van der Waals surface area contributed by atoms with E-state index >= 15 is 0 Å². The molecule has 0 radical (unpaired) electrons. The molecule has 1 aromatic carbocycles. The number of aromatic amines is 1. The fourth-order valence-electron chi connectivity index (χ4n) is 1.47. The van der Waals surface area contributed by atoms with Gasteiger partial charge in [0.05, 0.1) is 17.7 Å². The van der Waals surface area contributed by atoms with Crippen molar-refractivity contribution in [1.82, 2.24) is 20.6 Å². The van der Waals surface area contributed by atoms with Gasteiger partial charge in [0, 0.05) is 11.6 Å². The lowest BCUT2D eigenvalue weighted by molar-refractivity contribution is -0.386. The van der Waals surface area contributed by atoms with E-state index in [9.17, 15) is 15.2 Å². The summed E-state index contributed by atoms with van der Waals surface area (Å²) in [7, 11) is 0. The Labute approximate surface area is 117 Å². The van der Waals surface area contributed by atoms with E-state index in [1.807, 2.05) is 0 Å². The van der Waals surface area contributed by atoms with Crippen molar-refractivity contribution in [2.45, 2.75) is 6.92 Å². The molecule has 1 heterocycles. The Balaban J connectivity index is 2.25. The van der Waals surface area contributed by atoms with E-state index in [1.54, 1.807) is 6.92 Å². The number of benzene rings is 1. The van der Waals surface area contributed by atoms with E-state index < -0.39 is 16.4 Å². The van der Waals surface area contributed by atoms with Gasteiger partial charge in [0.1, 0.15) is 0 Å². The Hall–Kier alpha value is -3.24. The molecule has 0 spiro atoms. The molecule has 3 N–H and O–H groups in total. The van der Waals surface area contributed by atoms with Crippen LogP contribution in [-0.4, -0.2) is 43.5 Å². The third-order valence-electron chi connectivity index (χ3n) is 2.30. The molecule has 0 bridgehead atoms. The number of tetrazole rings is 1. The van der Waals surface area contributed by atoms with Crippen molar-refractivity contribution >= 4 is 17.9 Å². The van der Waals surface area contributed by atoms with Gasteiger partial charge in [-0.2, -0.15) is 10.3 Å². The molecule has 0 aliphatic heterocycles. The first-order valence-electron chi connectivity index (χ1n) is 5.78. The zero-order chi connectivity index (χ0) is 15.2. The quantitative estimate of drug-likeness (QED) is 0.399. The maximum atomic E-state index is 10.9. The smallest absolute Gasteiger partial charge is 0.315 e. The number of phenols is 1. The number of H-pyrrole nitrogens is 1. The molecule has 0 atom stereocenters. The number of aromatic hydroxyl groups is 1. The molecular weight excluding hydrogens is 282 g/mol. The zero-order valence-electron chi connectivity index (χ0n) is 10.8. The molecule has 0 saturated heterocycles. The summed E-state index contributed by atoms with van der Waals surface area (Å²) >= 11 is 0. The van der Waals surface area contributed by atoms with Crippen LogP contribution in [0, 0.1) is 10.1 Å². The molecule has 0 aliphatic carbocycles. The van der Waals surface area contributed by atoms with E-state index in [0.717, 1.165) is 0 Å². The van der Waals surface area contributed by atoms with Crippen LogP contribution >= 0.6 is 0 Å². The van der Waals surface area contributed by atoms with Gasteiger partial charge < -0.3 is 9.84 Å². The second-order valence-electron chi connectivity index (χ2n) is 3.68. The summed E-state index contributed by atoms with van der Waals surface area (Å²) in [6.45, 7) is 1.95. The van der Waals surface area contributed by atoms with Gasteiger partial charge in [-0.15, -0.1) is 5.10 Å². The molecule has 110 valence electrons. The highest BCUT2D eigenvalue weighted by Crippen LogP contribution is 2.36. The molecule has 11 nitrogen and oxygen atoms in total. The maximum Gasteiger partial charge on any atom is 0.315 e. The predicted molar refractivity (Wildman–Crippen MR) is 71.3 cm³/mol. The second-order valence-corrected chi connectivity index (χ2v) is 3.68. The highest BCUT2D eigenvalue weighted by Gasteiger charge is 2.19. The number of phenolic OH excluding ortho intramolecular Hbond substituents is 1. The van der Waals surface area contributed by atoms with Gasteiger partial charge in [-0.25, -0.2) is 5.43 Å². The number of nitrogens with one attached hydrogen (secondary N) is 2. The van der Waals surface area contributed by atoms with Crippen LogP contribution in [0.5, 0.6) is 11.5 Å². The summed E-state index contributed by atoms with van der Waals surface area (Å²) in [6, 6.07) is 2.59. The summed E-state index contributed by atoms with van der Waals surface area (Å²) in [4.78, 5) is 10.2. The fraction of sp³-hybridized carbons (Fsp3) is 0.200. The van der Waals surface area contributed by atoms with Crippen LogP contribution in [0.25, 0.3) is 0 Å². The number of nitro benzene ring substituents is 1. The third kappa shape index (κ3) is 3.40. The van der Waals surface area contributed by atoms with Crippen molar-refractivity contribution in [3.05, 3.63) is 27.8 Å². The highest BCUT2D eigenvalue weighted by molar-refractivity contribution is 5.83. The Morgan fingerprint density at radius 2 is 2.43 bits per heavy atom. The van der Waals surface area contributed by atoms with Crippen LogP contribution < -0.4 is 10.2 Å². The Morgan fingerprint density at radius 1 is 1.62 bits per heavy atom. The fourth-order valence-corrected chi connectivity index (χ4v) is 1.47. The van der Waals surface area contributed by atoms with Gasteiger partial charge in [-0.1, -0.05) is 5.10 Å². The minimum atomic E-state index is -0.707. The Kier molecular flexibility index (Phi) is 4.23. The number of aromatic nitrogens is 4. The lowest BCUT2D eigenvalue weighted by atomic mass is 10.2. The summed E-state index contributed by atoms with van der Waals surface area (Å²) in [5.74, 6) is -0.373. The molecule has 0 saturated carbocycles. The normalized spacial score (nSPS) is 10.7. The van der Waals surface area contributed by atoms with E-state index in [1.165, 1.54) is 18.3 Å². The first-order chi connectivity index (χ1) is 10.1. The highest BCUT2D eigenvalue weighted by atomic mass is 16.6. The number of nitrogens with zero attached hydrogens (tertiary/aromatic N) is 5. The summed E-state index contributed by atoms with van der Waals surface area (Å²) in [6.07, 6.45) is 1.30. The van der Waals surface area contributed by atoms with E-state index in [-0.39, 0.29) is 18.3 Å². The minimum absolute atomic E-state index is 0.00714. The Bertz CT molecular complexity index is 656. The monoisotopic (exact) mass is 293 g/mol. The molecule has 0 unspecified atom stereocenters. The van der Waals surface area contributed by atoms with Crippen molar-refractivity contribution in [2.75, 3.05) is 12.0 Å². The minimum Gasteiger partial charge on any atom is -0.500 e. The number of rotatable bonds is 6. The van der Waals surface area contributed by atoms with Crippen LogP contribution in [0.1, 0.15) is 12.5 Å². The number of hydrazone groups is 1. The number of ether oxygens (including phenoxy) is 1. The zero-order valence-corrected chi connectivity index (χ0v) is 10.8. The van der Waals surface area contributed by atoms with Crippen LogP contribution in [-0.2, 0) is 0 Å². The average Bonchev–Trinajstić information content (AvgIpc) is 2.95. The Morgan fingerprint density at radius 3 is 3.05 bits per heavy atom. The van der Waals surface area contributed by atoms with Crippen molar-refractivity contribution in [3.63, 3.8) is 0 Å². The predicted octanol–water partition coefficient (Wildman–Crippen LogP) is 0.658. The SMILES string of the molecule is CCOc1cc(C=NNc2nn[nH]n2)cc([N+](=O)[O-])c1O. The topological polar surface area (TPSA) is 151 Å². The molecule has 1 aromatic heterocycles. The largest absolute Gasteiger partial charge is 0.500 e. The van der Waals surface area contributed by atoms with Gasteiger partial charge in [0.25, 0.3) is 5.95 Å². The molecule has 2 aromatic rings. The van der Waals surface area contributed by atoms with Crippen molar-refractivity contribution in [1.29, 1.82) is 0 Å². The number of hydrogen-bond acceptors (Lipinski definition) is 9. The molecule has 0 aliphatic rings. The molecular formula is C10H11N7O4. The first-order valence-corrected chi connectivity index (χ1v) is 5.78.